The maximum atomic E-state index is 5.38. The molecule has 4 nitrogen and oxygen atoms in total. The highest BCUT2D eigenvalue weighted by atomic mass is 79.9. The monoisotopic (exact) mass is 309 g/mol. The minimum atomic E-state index is 0.695. The van der Waals surface area contributed by atoms with Gasteiger partial charge in [0, 0.05) is 42.8 Å². The van der Waals surface area contributed by atoms with Crippen LogP contribution in [-0.2, 0) is 4.74 Å². The van der Waals surface area contributed by atoms with Gasteiger partial charge in [-0.15, -0.1) is 0 Å². The quantitative estimate of drug-likeness (QED) is 0.947. The van der Waals surface area contributed by atoms with Crippen LogP contribution in [0.15, 0.2) is 29.1 Å². The predicted molar refractivity (Wildman–Crippen MR) is 74.9 cm³/mol. The van der Waals surface area contributed by atoms with Gasteiger partial charge >= 0.3 is 0 Å². The Kier molecular flexibility index (Phi) is 3.52. The van der Waals surface area contributed by atoms with Crippen molar-refractivity contribution in [2.75, 3.05) is 25.1 Å². The van der Waals surface area contributed by atoms with E-state index in [1.807, 2.05) is 29.1 Å². The number of nitrogens with zero attached hydrogens (tertiary/aromatic N) is 2. The van der Waals surface area contributed by atoms with E-state index in [1.54, 1.807) is 0 Å². The Morgan fingerprint density at radius 1 is 1.39 bits per heavy atom. The maximum absolute atomic E-state index is 5.38. The van der Waals surface area contributed by atoms with E-state index in [4.69, 9.17) is 4.74 Å². The van der Waals surface area contributed by atoms with Crippen molar-refractivity contribution in [2.24, 2.45) is 5.92 Å². The van der Waals surface area contributed by atoms with Crippen molar-refractivity contribution >= 4 is 27.3 Å². The summed E-state index contributed by atoms with van der Waals surface area (Å²) in [5.74, 6) is 0.695. The van der Waals surface area contributed by atoms with E-state index in [9.17, 15) is 0 Å². The topological polar surface area (TPSA) is 38.6 Å². The van der Waals surface area contributed by atoms with Crippen LogP contribution in [0.4, 0.5) is 5.69 Å². The van der Waals surface area contributed by atoms with Crippen LogP contribution in [0.1, 0.15) is 12.8 Å². The lowest BCUT2D eigenvalue weighted by Gasteiger charge is -2.23. The number of hydrogen-bond donors (Lipinski definition) is 1. The highest BCUT2D eigenvalue weighted by Crippen LogP contribution is 2.27. The molecule has 1 saturated heterocycles. The number of nitrogens with one attached hydrogen (secondary N) is 1. The molecule has 96 valence electrons. The molecule has 0 radical (unpaired) electrons. The summed E-state index contributed by atoms with van der Waals surface area (Å²) in [7, 11) is 0. The zero-order valence-corrected chi connectivity index (χ0v) is 11.7. The van der Waals surface area contributed by atoms with Crippen LogP contribution in [0, 0.1) is 5.92 Å². The van der Waals surface area contributed by atoms with Crippen LogP contribution >= 0.6 is 15.9 Å². The van der Waals surface area contributed by atoms with Gasteiger partial charge in [-0.25, -0.2) is 4.98 Å². The van der Waals surface area contributed by atoms with Crippen molar-refractivity contribution in [3.05, 3.63) is 29.1 Å². The molecule has 1 aliphatic heterocycles. The molecule has 5 heteroatoms. The number of fused-ring (bicyclic) bond motifs is 1. The molecule has 2 aromatic heterocycles. The molecule has 1 fully saturated rings. The number of halogens is 1. The lowest BCUT2D eigenvalue weighted by molar-refractivity contribution is 0.0699. The molecule has 1 aliphatic rings. The number of hydrogen-bond acceptors (Lipinski definition) is 3. The van der Waals surface area contributed by atoms with Gasteiger partial charge in [-0.2, -0.15) is 0 Å². The van der Waals surface area contributed by atoms with Gasteiger partial charge in [0.15, 0.2) is 5.65 Å². The zero-order chi connectivity index (χ0) is 12.4. The number of ether oxygens (including phenoxy) is 1. The van der Waals surface area contributed by atoms with E-state index < -0.39 is 0 Å². The molecule has 18 heavy (non-hydrogen) atoms. The van der Waals surface area contributed by atoms with Gasteiger partial charge in [-0.3, -0.25) is 0 Å². The molecule has 0 amide bonds. The Hall–Kier alpha value is -1.07. The van der Waals surface area contributed by atoms with Gasteiger partial charge in [0.25, 0.3) is 0 Å². The third-order valence-electron chi connectivity index (χ3n) is 3.42. The summed E-state index contributed by atoms with van der Waals surface area (Å²) in [5, 5.41) is 3.53. The molecule has 0 aliphatic carbocycles. The molecule has 2 aromatic rings. The highest BCUT2D eigenvalue weighted by Gasteiger charge is 2.15. The first-order chi connectivity index (χ1) is 8.84. The Labute approximate surface area is 114 Å². The summed E-state index contributed by atoms with van der Waals surface area (Å²) in [6, 6.07) is 2.04. The Morgan fingerprint density at radius 3 is 3.06 bits per heavy atom. The van der Waals surface area contributed by atoms with Gasteiger partial charge in [0.2, 0.25) is 0 Å². The van der Waals surface area contributed by atoms with Gasteiger partial charge in [-0.05, 0) is 40.8 Å². The first-order valence-corrected chi connectivity index (χ1v) is 7.06. The van der Waals surface area contributed by atoms with Gasteiger partial charge in [-0.1, -0.05) is 0 Å². The maximum Gasteiger partial charge on any atom is 0.161 e. The van der Waals surface area contributed by atoms with E-state index in [2.05, 4.69) is 26.2 Å². The average molecular weight is 310 g/mol. The average Bonchev–Trinajstić information content (AvgIpc) is 2.87. The van der Waals surface area contributed by atoms with Crippen molar-refractivity contribution in [3.63, 3.8) is 0 Å². The summed E-state index contributed by atoms with van der Waals surface area (Å²) < 4.78 is 8.47. The lowest BCUT2D eigenvalue weighted by Crippen LogP contribution is -2.22. The van der Waals surface area contributed by atoms with Crippen LogP contribution in [0.3, 0.4) is 0 Å². The molecule has 3 heterocycles. The smallest absolute Gasteiger partial charge is 0.161 e. The Morgan fingerprint density at radius 2 is 2.22 bits per heavy atom. The van der Waals surface area contributed by atoms with Crippen LogP contribution in [0.5, 0.6) is 0 Å². The molecule has 0 saturated carbocycles. The minimum Gasteiger partial charge on any atom is -0.381 e. The third kappa shape index (κ3) is 2.37. The first-order valence-electron chi connectivity index (χ1n) is 6.27. The summed E-state index contributed by atoms with van der Waals surface area (Å²) in [6.07, 6.45) is 8.07. The molecule has 0 bridgehead atoms. The Balaban J connectivity index is 1.76. The minimum absolute atomic E-state index is 0.695. The molecule has 1 N–H and O–H groups in total. The SMILES string of the molecule is Brc1ccn2ccnc2c1NCC1CCOCC1. The largest absolute Gasteiger partial charge is 0.381 e. The molecule has 0 unspecified atom stereocenters. The number of anilines is 1. The van der Waals surface area contributed by atoms with Crippen molar-refractivity contribution in [1.29, 1.82) is 0 Å². The van der Waals surface area contributed by atoms with E-state index >= 15 is 0 Å². The van der Waals surface area contributed by atoms with Crippen LogP contribution < -0.4 is 5.32 Å². The van der Waals surface area contributed by atoms with Crippen molar-refractivity contribution in [1.82, 2.24) is 9.38 Å². The fourth-order valence-corrected chi connectivity index (χ4v) is 2.76. The van der Waals surface area contributed by atoms with Crippen molar-refractivity contribution in [3.8, 4) is 0 Å². The molecular formula is C13H16BrN3O. The summed E-state index contributed by atoms with van der Waals surface area (Å²) >= 11 is 3.59. The van der Waals surface area contributed by atoms with E-state index in [0.717, 1.165) is 48.4 Å². The second-order valence-corrected chi connectivity index (χ2v) is 5.49. The van der Waals surface area contributed by atoms with Crippen LogP contribution in [0.2, 0.25) is 0 Å². The van der Waals surface area contributed by atoms with Crippen molar-refractivity contribution < 1.29 is 4.74 Å². The number of pyridine rings is 1. The van der Waals surface area contributed by atoms with Crippen LogP contribution in [-0.4, -0.2) is 29.1 Å². The Bertz CT molecular complexity index is 534. The lowest BCUT2D eigenvalue weighted by atomic mass is 10.0. The fraction of sp³-hybridized carbons (Fsp3) is 0.462. The van der Waals surface area contributed by atoms with Gasteiger partial charge < -0.3 is 14.5 Å². The third-order valence-corrected chi connectivity index (χ3v) is 4.08. The summed E-state index contributed by atoms with van der Waals surface area (Å²) in [5.41, 5.74) is 2.05. The molecular weight excluding hydrogens is 294 g/mol. The summed E-state index contributed by atoms with van der Waals surface area (Å²) in [4.78, 5) is 4.39. The molecule has 0 spiro atoms. The molecule has 0 aromatic carbocycles. The summed E-state index contributed by atoms with van der Waals surface area (Å²) in [6.45, 7) is 2.76. The fourth-order valence-electron chi connectivity index (χ4n) is 2.32. The molecule has 0 atom stereocenters. The highest BCUT2D eigenvalue weighted by molar-refractivity contribution is 9.10. The predicted octanol–water partition coefficient (Wildman–Crippen LogP) is 2.94. The number of imidazole rings is 1. The van der Waals surface area contributed by atoms with Crippen molar-refractivity contribution in [2.45, 2.75) is 12.8 Å². The van der Waals surface area contributed by atoms with Gasteiger partial charge in [0.05, 0.1) is 5.69 Å². The normalized spacial score (nSPS) is 17.2. The number of rotatable bonds is 3. The second kappa shape index (κ2) is 5.28. The van der Waals surface area contributed by atoms with E-state index in [0.29, 0.717) is 5.92 Å². The standard InChI is InChI=1S/C13H16BrN3O/c14-11-1-5-17-6-4-15-13(17)12(11)16-9-10-2-7-18-8-3-10/h1,4-6,10,16H,2-3,7-9H2. The van der Waals surface area contributed by atoms with E-state index in [1.165, 1.54) is 0 Å². The number of aromatic nitrogens is 2. The van der Waals surface area contributed by atoms with Crippen LogP contribution in [0.25, 0.3) is 5.65 Å². The van der Waals surface area contributed by atoms with E-state index in [-0.39, 0.29) is 0 Å². The second-order valence-electron chi connectivity index (χ2n) is 4.63. The molecule has 3 rings (SSSR count). The first kappa shape index (κ1) is 12.0. The van der Waals surface area contributed by atoms with Gasteiger partial charge in [0.1, 0.15) is 0 Å². The zero-order valence-electron chi connectivity index (χ0n) is 10.1.